The first-order valence-corrected chi connectivity index (χ1v) is 9.95. The molecule has 1 aromatic heterocycles. The fourth-order valence-corrected chi connectivity index (χ4v) is 3.64. The molecule has 0 atom stereocenters. The van der Waals surface area contributed by atoms with Gasteiger partial charge in [0, 0.05) is 25.5 Å². The van der Waals surface area contributed by atoms with E-state index in [1.807, 2.05) is 0 Å². The molecular weight excluding hydrogens is 459 g/mol. The molecule has 0 spiro atoms. The van der Waals surface area contributed by atoms with Crippen LogP contribution in [0.1, 0.15) is 11.1 Å². The summed E-state index contributed by atoms with van der Waals surface area (Å²) in [5.74, 6) is -1.08. The molecule has 0 unspecified atom stereocenters. The number of hydrogen-bond acceptors (Lipinski definition) is 6. The van der Waals surface area contributed by atoms with E-state index in [0.717, 1.165) is 30.0 Å². The first-order valence-electron chi connectivity index (χ1n) is 9.13. The number of para-hydroxylation sites is 1. The summed E-state index contributed by atoms with van der Waals surface area (Å²) in [7, 11) is 1.73. The summed E-state index contributed by atoms with van der Waals surface area (Å²) in [6.45, 7) is 0. The molecule has 8 nitrogen and oxygen atoms in total. The van der Waals surface area contributed by atoms with Crippen LogP contribution in [0.3, 0.4) is 0 Å². The van der Waals surface area contributed by atoms with E-state index < -0.39 is 33.8 Å². The number of imidazole rings is 1. The van der Waals surface area contributed by atoms with Crippen LogP contribution in [0.4, 0.5) is 24.5 Å². The van der Waals surface area contributed by atoms with Crippen molar-refractivity contribution in [2.75, 3.05) is 5.32 Å². The van der Waals surface area contributed by atoms with Gasteiger partial charge in [-0.15, -0.1) is 0 Å². The molecule has 0 aliphatic heterocycles. The summed E-state index contributed by atoms with van der Waals surface area (Å²) in [6, 6.07) is 10.0. The van der Waals surface area contributed by atoms with Gasteiger partial charge in [-0.1, -0.05) is 18.2 Å². The quantitative estimate of drug-likeness (QED) is 0.232. The fourth-order valence-electron chi connectivity index (χ4n) is 2.75. The minimum Gasteiger partial charge on any atom is -0.329 e. The van der Waals surface area contributed by atoms with Crippen LogP contribution < -0.4 is 5.32 Å². The molecule has 2 aromatic carbocycles. The lowest BCUT2D eigenvalue weighted by Crippen LogP contribution is -2.17. The third kappa shape index (κ3) is 5.58. The van der Waals surface area contributed by atoms with E-state index in [1.165, 1.54) is 30.3 Å². The Morgan fingerprint density at radius 3 is 2.64 bits per heavy atom. The van der Waals surface area contributed by atoms with Gasteiger partial charge in [0.25, 0.3) is 11.6 Å². The Kier molecular flexibility index (Phi) is 6.83. The molecule has 0 radical (unpaired) electrons. The average Bonchev–Trinajstić information content (AvgIpc) is 3.16. The summed E-state index contributed by atoms with van der Waals surface area (Å²) in [5.41, 5.74) is -2.23. The topological polar surface area (TPSA) is 114 Å². The highest BCUT2D eigenvalue weighted by molar-refractivity contribution is 7.99. The van der Waals surface area contributed by atoms with Crippen LogP contribution in [0.5, 0.6) is 0 Å². The summed E-state index contributed by atoms with van der Waals surface area (Å²) in [6.07, 6.45) is -0.421. The van der Waals surface area contributed by atoms with Crippen LogP contribution in [0, 0.1) is 21.4 Å². The zero-order valence-electron chi connectivity index (χ0n) is 16.8. The molecule has 0 aliphatic rings. The summed E-state index contributed by atoms with van der Waals surface area (Å²) >= 11 is 1.06. The van der Waals surface area contributed by atoms with Crippen molar-refractivity contribution in [3.8, 4) is 6.07 Å². The molecular formula is C21H14F3N5O3S. The van der Waals surface area contributed by atoms with E-state index in [-0.39, 0.29) is 16.1 Å². The fraction of sp³-hybridized carbons (Fsp3) is 0.0952. The molecule has 0 saturated carbocycles. The zero-order chi connectivity index (χ0) is 24.2. The van der Waals surface area contributed by atoms with Crippen LogP contribution in [0.15, 0.2) is 70.5 Å². The van der Waals surface area contributed by atoms with Gasteiger partial charge in [0.1, 0.15) is 11.6 Å². The maximum atomic E-state index is 13.1. The number of nitro groups is 1. The Bertz CT molecular complexity index is 1290. The van der Waals surface area contributed by atoms with Gasteiger partial charge in [0.2, 0.25) is 0 Å². The molecule has 1 heterocycles. The number of nitrogens with zero attached hydrogens (tertiary/aromatic N) is 4. The summed E-state index contributed by atoms with van der Waals surface area (Å²) < 4.78 is 41.1. The third-order valence-corrected chi connectivity index (χ3v) is 5.46. The molecule has 1 amide bonds. The van der Waals surface area contributed by atoms with Gasteiger partial charge >= 0.3 is 6.18 Å². The average molecular weight is 473 g/mol. The monoisotopic (exact) mass is 473 g/mol. The van der Waals surface area contributed by atoms with Crippen molar-refractivity contribution in [1.82, 2.24) is 9.55 Å². The Hall–Kier alpha value is -4.11. The van der Waals surface area contributed by atoms with Crippen molar-refractivity contribution in [3.05, 3.63) is 81.7 Å². The molecule has 0 bridgehead atoms. The van der Waals surface area contributed by atoms with Crippen molar-refractivity contribution in [2.24, 2.45) is 7.05 Å². The Labute approximate surface area is 189 Å². The first-order chi connectivity index (χ1) is 15.6. The minimum atomic E-state index is -4.71. The number of nitro benzene ring substituents is 1. The SMILES string of the molecule is Cn1ccnc1Sc1ccc(/C=C(\C#N)C(=O)Nc2ccccc2C(F)(F)F)cc1[N+](=O)[O-]. The van der Waals surface area contributed by atoms with E-state index in [2.05, 4.69) is 10.3 Å². The number of halogens is 3. The molecule has 3 rings (SSSR count). The number of aryl methyl sites for hydroxylation is 1. The largest absolute Gasteiger partial charge is 0.418 e. The lowest BCUT2D eigenvalue weighted by molar-refractivity contribution is -0.387. The van der Waals surface area contributed by atoms with Crippen molar-refractivity contribution >= 4 is 35.1 Å². The van der Waals surface area contributed by atoms with Gasteiger partial charge in [0.05, 0.1) is 21.1 Å². The number of carbonyl (C=O) groups excluding carboxylic acids is 1. The van der Waals surface area contributed by atoms with Gasteiger partial charge in [-0.25, -0.2) is 4.98 Å². The van der Waals surface area contributed by atoms with Crippen molar-refractivity contribution in [3.63, 3.8) is 0 Å². The predicted molar refractivity (Wildman–Crippen MR) is 114 cm³/mol. The number of anilines is 1. The van der Waals surface area contributed by atoms with Crippen LogP contribution in [-0.4, -0.2) is 20.4 Å². The molecule has 1 N–H and O–H groups in total. The Balaban J connectivity index is 1.90. The van der Waals surface area contributed by atoms with Crippen LogP contribution in [0.2, 0.25) is 0 Å². The smallest absolute Gasteiger partial charge is 0.329 e. The number of hydrogen-bond donors (Lipinski definition) is 1. The summed E-state index contributed by atoms with van der Waals surface area (Å²) in [5, 5.41) is 23.5. The van der Waals surface area contributed by atoms with Crippen molar-refractivity contribution in [1.29, 1.82) is 5.26 Å². The van der Waals surface area contributed by atoms with Crippen LogP contribution >= 0.6 is 11.8 Å². The molecule has 3 aromatic rings. The normalized spacial score (nSPS) is 11.7. The van der Waals surface area contributed by atoms with Gasteiger partial charge in [-0.2, -0.15) is 18.4 Å². The highest BCUT2D eigenvalue weighted by atomic mass is 32.2. The third-order valence-electron chi connectivity index (χ3n) is 4.31. The van der Waals surface area contributed by atoms with Crippen molar-refractivity contribution in [2.45, 2.75) is 16.2 Å². The molecule has 12 heteroatoms. The number of aromatic nitrogens is 2. The van der Waals surface area contributed by atoms with E-state index in [9.17, 15) is 33.3 Å². The number of rotatable bonds is 6. The lowest BCUT2D eigenvalue weighted by atomic mass is 10.1. The van der Waals surface area contributed by atoms with Crippen LogP contribution in [-0.2, 0) is 18.0 Å². The van der Waals surface area contributed by atoms with Crippen LogP contribution in [0.25, 0.3) is 6.08 Å². The van der Waals surface area contributed by atoms with E-state index in [4.69, 9.17) is 0 Å². The number of nitriles is 1. The van der Waals surface area contributed by atoms with Gasteiger partial charge < -0.3 is 9.88 Å². The number of carbonyl (C=O) groups is 1. The number of benzene rings is 2. The predicted octanol–water partition coefficient (Wildman–Crippen LogP) is 5.04. The second-order valence-electron chi connectivity index (χ2n) is 6.57. The molecule has 0 aliphatic carbocycles. The molecule has 33 heavy (non-hydrogen) atoms. The van der Waals surface area contributed by atoms with E-state index in [0.29, 0.717) is 5.16 Å². The molecule has 168 valence electrons. The summed E-state index contributed by atoms with van der Waals surface area (Å²) in [4.78, 5) is 27.8. The number of alkyl halides is 3. The van der Waals surface area contributed by atoms with Gasteiger partial charge in [0.15, 0.2) is 5.16 Å². The zero-order valence-corrected chi connectivity index (χ0v) is 17.6. The maximum Gasteiger partial charge on any atom is 0.418 e. The maximum absolute atomic E-state index is 13.1. The Morgan fingerprint density at radius 2 is 2.03 bits per heavy atom. The van der Waals surface area contributed by atoms with E-state index in [1.54, 1.807) is 30.1 Å². The minimum absolute atomic E-state index is 0.154. The molecule has 0 saturated heterocycles. The second kappa shape index (κ2) is 9.58. The van der Waals surface area contributed by atoms with Gasteiger partial charge in [-0.3, -0.25) is 14.9 Å². The highest BCUT2D eigenvalue weighted by Crippen LogP contribution is 2.36. The highest BCUT2D eigenvalue weighted by Gasteiger charge is 2.33. The standard InChI is InChI=1S/C21H14F3N5O3S/c1-28-9-8-26-20(28)33-18-7-6-13(11-17(18)29(31)32)10-14(12-25)19(30)27-16-5-3-2-4-15(16)21(22,23)24/h2-11H,1H3,(H,27,30)/b14-10+. The Morgan fingerprint density at radius 1 is 1.30 bits per heavy atom. The lowest BCUT2D eigenvalue weighted by Gasteiger charge is -2.13. The first kappa shape index (κ1) is 23.6. The number of nitrogens with one attached hydrogen (secondary N) is 1. The number of amides is 1. The van der Waals surface area contributed by atoms with Gasteiger partial charge in [-0.05, 0) is 41.6 Å². The second-order valence-corrected chi connectivity index (χ2v) is 7.58. The van der Waals surface area contributed by atoms with E-state index >= 15 is 0 Å². The molecule has 0 fully saturated rings. The van der Waals surface area contributed by atoms with Crippen molar-refractivity contribution < 1.29 is 22.9 Å².